The number of nitrogens with zero attached hydrogens (tertiary/aromatic N) is 4. The highest BCUT2D eigenvalue weighted by molar-refractivity contribution is 5.86. The maximum absolute atomic E-state index is 12.4. The number of anilines is 1. The van der Waals surface area contributed by atoms with Crippen molar-refractivity contribution in [2.24, 2.45) is 11.7 Å². The van der Waals surface area contributed by atoms with E-state index in [1.807, 2.05) is 43.9 Å². The monoisotopic (exact) mass is 647 g/mol. The lowest BCUT2D eigenvalue weighted by atomic mass is 9.84. The Morgan fingerprint density at radius 1 is 0.979 bits per heavy atom. The smallest absolute Gasteiger partial charge is 0.410 e. The number of benzene rings is 1. The number of fused-ring (bicyclic) bond motifs is 1. The van der Waals surface area contributed by atoms with Crippen LogP contribution in [-0.2, 0) is 11.2 Å². The van der Waals surface area contributed by atoms with Gasteiger partial charge in [0.25, 0.3) is 0 Å². The summed E-state index contributed by atoms with van der Waals surface area (Å²) in [5, 5.41) is 10.3. The van der Waals surface area contributed by atoms with Crippen LogP contribution in [0, 0.1) is 5.92 Å². The van der Waals surface area contributed by atoms with Crippen molar-refractivity contribution in [1.82, 2.24) is 24.6 Å². The number of carbonyl (C=O) groups excluding carboxylic acids is 1. The zero-order valence-corrected chi connectivity index (χ0v) is 29.0. The number of nitrogens with one attached hydrogen (secondary N) is 1. The summed E-state index contributed by atoms with van der Waals surface area (Å²) < 4.78 is 5.57. The first-order valence-corrected chi connectivity index (χ1v) is 17.9. The summed E-state index contributed by atoms with van der Waals surface area (Å²) in [6.07, 6.45) is 10.2. The number of phenols is 1. The number of H-pyrrole nitrogens is 1. The molecule has 4 heterocycles. The fourth-order valence-corrected chi connectivity index (χ4v) is 8.55. The minimum Gasteiger partial charge on any atom is -0.507 e. The lowest BCUT2D eigenvalue weighted by Crippen LogP contribution is -2.52. The Labute approximate surface area is 281 Å². The molecule has 3 aliphatic heterocycles. The Morgan fingerprint density at radius 2 is 1.64 bits per heavy atom. The number of hydrogen-bond acceptors (Lipinski definition) is 8. The zero-order valence-electron chi connectivity index (χ0n) is 29.0. The number of aromatic nitrogens is 1. The Balaban J connectivity index is 0.972. The number of likely N-dealkylation sites (tertiary alicyclic amines) is 1. The molecule has 10 heteroatoms. The summed E-state index contributed by atoms with van der Waals surface area (Å²) in [7, 11) is 0. The van der Waals surface area contributed by atoms with Gasteiger partial charge >= 0.3 is 6.09 Å². The summed E-state index contributed by atoms with van der Waals surface area (Å²) in [6.45, 7) is 16.1. The van der Waals surface area contributed by atoms with Crippen molar-refractivity contribution in [1.29, 1.82) is 0 Å². The number of phenolic OH excluding ortho intramolecular Hbond substituents is 1. The highest BCUT2D eigenvalue weighted by atomic mass is 16.6. The van der Waals surface area contributed by atoms with E-state index < -0.39 is 5.60 Å². The maximum atomic E-state index is 12.4. The van der Waals surface area contributed by atoms with Crippen molar-refractivity contribution in [3.05, 3.63) is 46.6 Å². The lowest BCUT2D eigenvalue weighted by Gasteiger charge is -2.46. The molecule has 1 aliphatic carbocycles. The number of amides is 1. The Hall–Kier alpha value is -3.21. The van der Waals surface area contributed by atoms with Crippen LogP contribution in [0.15, 0.2) is 24.3 Å². The minimum absolute atomic E-state index is 0.176. The van der Waals surface area contributed by atoms with Gasteiger partial charge in [0.15, 0.2) is 0 Å². The number of piperazine rings is 1. The molecule has 0 radical (unpaired) electrons. The fraction of sp³-hybridized carbons (Fsp3) is 0.649. The first kappa shape index (κ1) is 33.7. The van der Waals surface area contributed by atoms with Gasteiger partial charge in [-0.15, -0.1) is 0 Å². The molecule has 10 nitrogen and oxygen atoms in total. The van der Waals surface area contributed by atoms with E-state index in [4.69, 9.17) is 16.2 Å². The van der Waals surface area contributed by atoms with E-state index in [1.54, 1.807) is 12.1 Å². The third kappa shape index (κ3) is 7.76. The van der Waals surface area contributed by atoms with Crippen LogP contribution < -0.4 is 11.5 Å². The molecule has 1 unspecified atom stereocenters. The molecule has 2 aromatic rings. The number of carbonyl (C=O) groups is 1. The third-order valence-corrected chi connectivity index (χ3v) is 11.1. The van der Waals surface area contributed by atoms with Crippen molar-refractivity contribution in [3.8, 4) is 5.75 Å². The largest absolute Gasteiger partial charge is 0.507 e. The molecule has 47 heavy (non-hydrogen) atoms. The van der Waals surface area contributed by atoms with Crippen LogP contribution in [0.3, 0.4) is 0 Å². The molecule has 1 atom stereocenters. The first-order chi connectivity index (χ1) is 22.5. The second kappa shape index (κ2) is 14.1. The molecule has 1 saturated carbocycles. The lowest BCUT2D eigenvalue weighted by molar-refractivity contribution is 0.0110. The Kier molecular flexibility index (Phi) is 10.1. The average Bonchev–Trinajstić information content (AvgIpc) is 3.36. The normalized spacial score (nSPS) is 25.9. The molecular formula is C37H57N7O3. The highest BCUT2D eigenvalue weighted by Gasteiger charge is 2.37. The minimum atomic E-state index is -0.442. The van der Waals surface area contributed by atoms with Gasteiger partial charge in [0.2, 0.25) is 0 Å². The van der Waals surface area contributed by atoms with E-state index in [-0.39, 0.29) is 17.9 Å². The first-order valence-electron chi connectivity index (χ1n) is 17.9. The molecule has 6 N–H and O–H groups in total. The molecule has 6 rings (SSSR count). The average molecular weight is 648 g/mol. The van der Waals surface area contributed by atoms with Gasteiger partial charge in [-0.3, -0.25) is 9.80 Å². The number of nitrogens with two attached hydrogens (primary N) is 2. The van der Waals surface area contributed by atoms with Crippen molar-refractivity contribution >= 4 is 23.7 Å². The predicted octanol–water partition coefficient (Wildman–Crippen LogP) is 5.25. The molecule has 2 saturated heterocycles. The summed E-state index contributed by atoms with van der Waals surface area (Å²) in [6, 6.07) is 8.70. The van der Waals surface area contributed by atoms with Crippen LogP contribution in [0.4, 0.5) is 10.6 Å². The van der Waals surface area contributed by atoms with E-state index in [0.717, 1.165) is 57.2 Å². The quantitative estimate of drug-likeness (QED) is 0.335. The summed E-state index contributed by atoms with van der Waals surface area (Å²) in [5.74, 6) is 1.57. The van der Waals surface area contributed by atoms with Crippen LogP contribution in [0.2, 0.25) is 0 Å². The van der Waals surface area contributed by atoms with Gasteiger partial charge in [0.1, 0.15) is 17.2 Å². The number of aromatic amines is 1. The molecule has 3 fully saturated rings. The summed E-state index contributed by atoms with van der Waals surface area (Å²) >= 11 is 0. The second-order valence-electron chi connectivity index (χ2n) is 15.3. The zero-order chi connectivity index (χ0) is 33.3. The highest BCUT2D eigenvalue weighted by Crippen LogP contribution is 2.41. The number of hydrogen-bond donors (Lipinski definition) is 4. The fourth-order valence-electron chi connectivity index (χ4n) is 8.55. The summed E-state index contributed by atoms with van der Waals surface area (Å²) in [5.41, 5.74) is 17.1. The standard InChI is InChI=1S/C37H57N7O3/c1-25-34-30(23-31(38)29-7-5-6-8-33(29)45)35(39)40-32(34)15-18-44(25)28-11-9-27(10-12-28)42-16-13-26(14-17-42)24-41-19-21-43(22-20-41)36(46)47-37(2,3)4/h5-8,23,25-28,40,45H,9-22,24,38-39H2,1-4H3/b31-23-. The van der Waals surface area contributed by atoms with Crippen molar-refractivity contribution in [2.45, 2.75) is 96.4 Å². The van der Waals surface area contributed by atoms with Gasteiger partial charge in [-0.25, -0.2) is 4.79 Å². The van der Waals surface area contributed by atoms with Crippen LogP contribution in [0.5, 0.6) is 5.75 Å². The van der Waals surface area contributed by atoms with Crippen molar-refractivity contribution in [3.63, 3.8) is 0 Å². The number of aromatic hydroxyl groups is 1. The second-order valence-corrected chi connectivity index (χ2v) is 15.3. The molecule has 0 bridgehead atoms. The molecule has 1 amide bonds. The van der Waals surface area contributed by atoms with Gasteiger partial charge < -0.3 is 36.1 Å². The number of nitrogen functional groups attached to an aromatic ring is 1. The van der Waals surface area contributed by atoms with Crippen molar-refractivity contribution < 1.29 is 14.6 Å². The number of piperidine rings is 1. The molecular weight excluding hydrogens is 590 g/mol. The molecule has 1 aromatic carbocycles. The topological polar surface area (TPSA) is 127 Å². The van der Waals surface area contributed by atoms with Crippen LogP contribution in [-0.4, -0.2) is 106 Å². The van der Waals surface area contributed by atoms with E-state index in [0.29, 0.717) is 29.2 Å². The molecule has 258 valence electrons. The van der Waals surface area contributed by atoms with E-state index in [9.17, 15) is 9.90 Å². The van der Waals surface area contributed by atoms with E-state index in [1.165, 1.54) is 62.9 Å². The Morgan fingerprint density at radius 3 is 2.30 bits per heavy atom. The van der Waals surface area contributed by atoms with Gasteiger partial charge in [0, 0.05) is 86.3 Å². The third-order valence-electron chi connectivity index (χ3n) is 11.1. The van der Waals surface area contributed by atoms with Gasteiger partial charge in [-0.05, 0) is 109 Å². The van der Waals surface area contributed by atoms with E-state index >= 15 is 0 Å². The van der Waals surface area contributed by atoms with Crippen LogP contribution >= 0.6 is 0 Å². The number of ether oxygens (including phenoxy) is 1. The SMILES string of the molecule is CC1c2c([nH]c(N)c2/C=C(\N)c2ccccc2O)CCN1C1CCC(N2CCC(CN3CCN(C(=O)OC(C)(C)C)CC3)CC2)CC1. The maximum Gasteiger partial charge on any atom is 0.410 e. The molecule has 4 aliphatic rings. The van der Waals surface area contributed by atoms with E-state index in [2.05, 4.69) is 26.6 Å². The molecule has 1 aromatic heterocycles. The van der Waals surface area contributed by atoms with Gasteiger partial charge in [0.05, 0.1) is 0 Å². The van der Waals surface area contributed by atoms with Crippen LogP contribution in [0.25, 0.3) is 11.8 Å². The molecule has 0 spiro atoms. The van der Waals surface area contributed by atoms with Gasteiger partial charge in [-0.1, -0.05) is 12.1 Å². The Bertz CT molecular complexity index is 1410. The van der Waals surface area contributed by atoms with Crippen LogP contribution in [0.1, 0.15) is 94.6 Å². The predicted molar refractivity (Wildman–Crippen MR) is 189 cm³/mol. The van der Waals surface area contributed by atoms with Crippen molar-refractivity contribution in [2.75, 3.05) is 58.1 Å². The summed E-state index contributed by atoms with van der Waals surface area (Å²) in [4.78, 5) is 25.8. The number of para-hydroxylation sites is 1. The number of rotatable bonds is 6. The van der Waals surface area contributed by atoms with Gasteiger partial charge in [-0.2, -0.15) is 0 Å².